The molecule has 1 aliphatic carbocycles. The van der Waals surface area contributed by atoms with E-state index in [4.69, 9.17) is 18.9 Å². The van der Waals surface area contributed by atoms with E-state index in [0.717, 1.165) is 92.9 Å². The largest absolute Gasteiger partial charge is 0.493 e. The van der Waals surface area contributed by atoms with Gasteiger partial charge in [0.2, 0.25) is 12.7 Å². The molecule has 2 unspecified atom stereocenters. The monoisotopic (exact) mass is 1810 g/mol. The summed E-state index contributed by atoms with van der Waals surface area (Å²) in [6.07, 6.45) is 21.8. The molecule has 4 aromatic carbocycles. The fourth-order valence-electron chi connectivity index (χ4n) is 8.57. The van der Waals surface area contributed by atoms with Crippen LogP contribution in [0.1, 0.15) is 280 Å². The molecule has 0 amide bonds. The second-order valence-electron chi connectivity index (χ2n) is 43.7. The number of aliphatic imine (C=N–C) groups is 1. The minimum atomic E-state index is -0.432. The smallest absolute Gasteiger partial charge is 0.231 e. The number of ketones is 2. The van der Waals surface area contributed by atoms with E-state index in [2.05, 4.69) is 294 Å². The third-order valence-electron chi connectivity index (χ3n) is 13.1. The predicted octanol–water partition coefficient (Wildman–Crippen LogP) is 30.3. The minimum absolute atomic E-state index is 0.0132. The van der Waals surface area contributed by atoms with Gasteiger partial charge in [-0.3, -0.25) is 29.5 Å². The summed E-state index contributed by atoms with van der Waals surface area (Å²) in [4.78, 5) is 56.3. The van der Waals surface area contributed by atoms with E-state index in [0.29, 0.717) is 72.3 Å². The molecule has 11 heterocycles. The Hall–Kier alpha value is -9.02. The van der Waals surface area contributed by atoms with Crippen molar-refractivity contribution in [1.82, 2.24) is 43.6 Å². The lowest BCUT2D eigenvalue weighted by molar-refractivity contribution is -0.117. The Morgan fingerprint density at radius 3 is 1.20 bits per heavy atom. The molecule has 16 rings (SSSR count). The molecular formula is C106H157FN10O6S4. The quantitative estimate of drug-likeness (QED) is 0.161. The van der Waals surface area contributed by atoms with Crippen LogP contribution in [-0.2, 0) is 46.1 Å². The van der Waals surface area contributed by atoms with Gasteiger partial charge in [-0.1, -0.05) is 314 Å². The number of aromatic nitrogens is 9. The first-order valence-corrected chi connectivity index (χ1v) is 47.0. The number of rotatable bonds is 4. The van der Waals surface area contributed by atoms with Gasteiger partial charge in [0.1, 0.15) is 44.1 Å². The molecule has 16 nitrogen and oxygen atoms in total. The van der Waals surface area contributed by atoms with E-state index >= 15 is 0 Å². The van der Waals surface area contributed by atoms with Gasteiger partial charge in [-0.15, -0.1) is 34.4 Å². The molecule has 0 spiro atoms. The Kier molecular flexibility index (Phi) is 52.2. The van der Waals surface area contributed by atoms with Gasteiger partial charge in [0, 0.05) is 65.7 Å². The summed E-state index contributed by atoms with van der Waals surface area (Å²) < 4.78 is 42.1. The van der Waals surface area contributed by atoms with E-state index in [-0.39, 0.29) is 28.8 Å². The van der Waals surface area contributed by atoms with E-state index in [1.165, 1.54) is 40.4 Å². The average molecular weight is 1810 g/mol. The third kappa shape index (κ3) is 66.1. The summed E-state index contributed by atoms with van der Waals surface area (Å²) in [6, 6.07) is 43.5. The van der Waals surface area contributed by atoms with Crippen molar-refractivity contribution < 1.29 is 32.9 Å². The van der Waals surface area contributed by atoms with Crippen LogP contribution >= 0.6 is 46.2 Å². The lowest BCUT2D eigenvalue weighted by Gasteiger charge is -2.14. The molecule has 0 N–H and O–H groups in total. The highest BCUT2D eigenvalue weighted by atomic mass is 32.2. The third-order valence-corrected chi connectivity index (χ3v) is 17.6. The highest BCUT2D eigenvalue weighted by molar-refractivity contribution is 8.13. The number of benzene rings is 4. The second-order valence-corrected chi connectivity index (χ2v) is 47.4. The van der Waals surface area contributed by atoms with Crippen molar-refractivity contribution >= 4 is 96.4 Å². The van der Waals surface area contributed by atoms with E-state index in [1.54, 1.807) is 61.0 Å². The number of fused-ring (bicyclic) bond motifs is 7. The predicted molar refractivity (Wildman–Crippen MR) is 546 cm³/mol. The highest BCUT2D eigenvalue weighted by Crippen LogP contribution is 2.33. The fraction of sp³-hybridized carbons (Fsp3) is 0.509. The van der Waals surface area contributed by atoms with Gasteiger partial charge in [0.25, 0.3) is 0 Å². The number of nitrogens with zero attached hydrogens (tertiary/aromatic N) is 10. The van der Waals surface area contributed by atoms with Crippen LogP contribution in [0.5, 0.6) is 23.0 Å². The molecule has 0 fully saturated rings. The Morgan fingerprint density at radius 2 is 0.795 bits per heavy atom. The zero-order valence-corrected chi connectivity index (χ0v) is 87.4. The van der Waals surface area contributed by atoms with Crippen LogP contribution in [0.15, 0.2) is 200 Å². The topological polar surface area (TPSA) is 199 Å². The lowest BCUT2D eigenvalue weighted by Crippen LogP contribution is -2.13. The van der Waals surface area contributed by atoms with E-state index in [1.807, 2.05) is 160 Å². The number of hydrogen-bond donors (Lipinski definition) is 0. The molecule has 7 aromatic heterocycles. The minimum Gasteiger partial charge on any atom is -0.493 e. The maximum atomic E-state index is 13.3. The molecular weight excluding hydrogens is 1660 g/mol. The van der Waals surface area contributed by atoms with Gasteiger partial charge >= 0.3 is 0 Å². The van der Waals surface area contributed by atoms with Gasteiger partial charge in [0.15, 0.2) is 17.1 Å². The van der Waals surface area contributed by atoms with Crippen molar-refractivity contribution in [2.24, 2.45) is 42.9 Å². The van der Waals surface area contributed by atoms with Crippen molar-refractivity contribution in [2.45, 2.75) is 297 Å². The van der Waals surface area contributed by atoms with Crippen LogP contribution in [0.2, 0.25) is 0 Å². The number of thiazole rings is 2. The number of ether oxygens (including phenoxy) is 4. The van der Waals surface area contributed by atoms with Gasteiger partial charge in [-0.25, -0.2) is 19.9 Å². The number of carbonyl (C=O) groups excluding carboxylic acids is 2. The maximum Gasteiger partial charge on any atom is 0.231 e. The van der Waals surface area contributed by atoms with Gasteiger partial charge in [-0.05, 0) is 142 Å². The number of Topliss-reactive ketones (excluding diaryl/α,β-unsaturated/α-hetero) is 2. The molecule has 5 aliphatic rings. The molecule has 0 bridgehead atoms. The van der Waals surface area contributed by atoms with Crippen LogP contribution in [0.3, 0.4) is 0 Å². The van der Waals surface area contributed by atoms with Crippen molar-refractivity contribution in [3.05, 3.63) is 232 Å². The number of pyridine rings is 3. The van der Waals surface area contributed by atoms with Crippen molar-refractivity contribution in [2.75, 3.05) is 20.0 Å². The zero-order valence-electron chi connectivity index (χ0n) is 84.1. The molecule has 698 valence electrons. The summed E-state index contributed by atoms with van der Waals surface area (Å²) in [5.41, 5.74) is 12.5. The van der Waals surface area contributed by atoms with E-state index < -0.39 is 5.95 Å². The maximum absolute atomic E-state index is 13.3. The summed E-state index contributed by atoms with van der Waals surface area (Å²) in [5, 5.41) is 3.18. The Morgan fingerprint density at radius 1 is 0.402 bits per heavy atom. The molecule has 21 heteroatoms. The highest BCUT2D eigenvalue weighted by Gasteiger charge is 2.25. The summed E-state index contributed by atoms with van der Waals surface area (Å²) in [6.45, 7) is 78.6. The van der Waals surface area contributed by atoms with Gasteiger partial charge in [-0.2, -0.15) is 13.1 Å². The molecule has 0 radical (unpaired) electrons. The standard InChI is InChI=1S/C10H14FNOS.C10H15NOS.2C8H6N2.C8H8O.C7H7NO.C7H7NS.C7H6O2.C6H4N2S.7C5H12/c1-6(13)5-7-12-9(11)8(14-7)10(2,3)4;1-7(12)5-9-11-6-8(13-9)10(2,3)4;1-3-7-4-2-6-10-8(7)9-5-1;1-2-4-8-7(3-1)9-5-6-10-8;1-2-4-8-7(3-1)5-6-9-8;1-2-7-6(8-4-1)3-5-9-7;2*1-2-4-7-6(3-1)8-5-9-7;1-2-4-6-5(3-1)7-9-8-6;7*1-5(2,3)4/h5H2,1-4H3;6H,5H2,1-4H3;2*1-6H;1-4H,5-6H2;1-2,4H,3,5H2;1-7H;1-4H,5H2;1-4H;7*1-4H3. The molecule has 0 saturated heterocycles. The number of thioether (sulfide) groups is 1. The molecule has 4 aliphatic heterocycles. The SMILES string of the molecule is C1=CC2N=CSC2C=C1.CC(=O)Cc1nc(F)c(C(C)(C)C)s1.CC(=O)Cc1ncc(C(C)(C)C)s1.CC(C)(C)C.CC(C)(C)C.CC(C)(C)C.CC(C)(C)C.CC(C)(C)C.CC(C)(C)C.CC(C)(C)C.c1ccc2c(c1)CCO2.c1ccc2c(c1)OCO2.c1ccc2nccnc2c1.c1ccc2nsnc2c1.c1cnc2c(c1)OCC2.c1cnc2ncccc2c1. The van der Waals surface area contributed by atoms with Crippen LogP contribution in [0.4, 0.5) is 4.39 Å². The normalized spacial score (nSPS) is 13.8. The van der Waals surface area contributed by atoms with Crippen LogP contribution in [0.25, 0.3) is 33.1 Å². The number of allylic oxidation sites excluding steroid dienone is 2. The molecule has 2 atom stereocenters. The number of hydrogen-bond acceptors (Lipinski definition) is 20. The summed E-state index contributed by atoms with van der Waals surface area (Å²) >= 11 is 5.97. The number of para-hydroxylation sites is 5. The molecule has 11 aromatic rings. The Labute approximate surface area is 782 Å². The van der Waals surface area contributed by atoms with Crippen molar-refractivity contribution in [1.29, 1.82) is 0 Å². The zero-order chi connectivity index (χ0) is 96.6. The van der Waals surface area contributed by atoms with Gasteiger partial charge < -0.3 is 18.9 Å². The first-order chi connectivity index (χ1) is 58.5. The lowest BCUT2D eigenvalue weighted by atomic mass is 9.95. The van der Waals surface area contributed by atoms with Crippen molar-refractivity contribution in [3.8, 4) is 23.0 Å². The summed E-state index contributed by atoms with van der Waals surface area (Å²) in [7, 11) is 0. The van der Waals surface area contributed by atoms with Crippen LogP contribution in [0, 0.1) is 43.9 Å². The number of carbonyl (C=O) groups is 2. The van der Waals surface area contributed by atoms with E-state index in [9.17, 15) is 14.0 Å². The first kappa shape index (κ1) is 116. The molecule has 127 heavy (non-hydrogen) atoms. The van der Waals surface area contributed by atoms with Crippen LogP contribution < -0.4 is 18.9 Å². The second kappa shape index (κ2) is 57.1. The van der Waals surface area contributed by atoms with Crippen LogP contribution in [-0.4, -0.2) is 92.0 Å². The molecule has 0 saturated carbocycles. The fourth-order valence-corrected chi connectivity index (χ4v) is 12.1. The van der Waals surface area contributed by atoms with Crippen molar-refractivity contribution in [3.63, 3.8) is 0 Å². The Balaban J connectivity index is 0.000000685. The number of halogens is 1. The van der Waals surface area contributed by atoms with Gasteiger partial charge in [0.05, 0.1) is 76.2 Å². The Bertz CT molecular complexity index is 4390. The summed E-state index contributed by atoms with van der Waals surface area (Å²) in [5.74, 6) is 3.47. The average Bonchev–Trinajstić information content (AvgIpc) is 1.68. The first-order valence-electron chi connectivity index (χ1n) is 43.7.